The number of aromatic nitrogens is 1. The van der Waals surface area contributed by atoms with Gasteiger partial charge in [-0.25, -0.2) is 9.18 Å². The molecule has 1 aromatic carbocycles. The van der Waals surface area contributed by atoms with Crippen molar-refractivity contribution >= 4 is 32.8 Å². The highest BCUT2D eigenvalue weighted by Crippen LogP contribution is 2.26. The van der Waals surface area contributed by atoms with E-state index in [0.717, 1.165) is 4.57 Å². The van der Waals surface area contributed by atoms with Crippen molar-refractivity contribution in [2.24, 2.45) is 7.05 Å². The van der Waals surface area contributed by atoms with Crippen molar-refractivity contribution in [3.63, 3.8) is 0 Å². The maximum Gasteiger partial charge on any atom is 0.336 e. The highest BCUT2D eigenvalue weighted by Gasteiger charge is 2.20. The molecule has 0 aliphatic heterocycles. The number of benzene rings is 1. The summed E-state index contributed by atoms with van der Waals surface area (Å²) in [5, 5.41) is 9.38. The van der Waals surface area contributed by atoms with E-state index in [4.69, 9.17) is 0 Å². The lowest BCUT2D eigenvalue weighted by atomic mass is 10.0. The molecule has 0 aliphatic rings. The van der Waals surface area contributed by atoms with Crippen LogP contribution in [0.5, 0.6) is 0 Å². The SMILES string of the molecule is Cc1c(C(=O)O)c2cc(Br)cc(F)c2n(C)c1=O. The van der Waals surface area contributed by atoms with Crippen LogP contribution in [0, 0.1) is 12.7 Å². The number of hydrogen-bond acceptors (Lipinski definition) is 2. The third-order valence-electron chi connectivity index (χ3n) is 2.85. The van der Waals surface area contributed by atoms with Crippen molar-refractivity contribution in [3.05, 3.63) is 43.9 Å². The minimum Gasteiger partial charge on any atom is -0.478 e. The zero-order valence-corrected chi connectivity index (χ0v) is 11.2. The quantitative estimate of drug-likeness (QED) is 0.879. The third-order valence-corrected chi connectivity index (χ3v) is 3.31. The fraction of sp³-hybridized carbons (Fsp3) is 0.167. The minimum absolute atomic E-state index is 0.00815. The lowest BCUT2D eigenvalue weighted by Gasteiger charge is -2.11. The molecule has 6 heteroatoms. The lowest BCUT2D eigenvalue weighted by molar-refractivity contribution is 0.0698. The Labute approximate surface area is 110 Å². The summed E-state index contributed by atoms with van der Waals surface area (Å²) in [6.07, 6.45) is 0. The molecule has 1 aromatic heterocycles. The van der Waals surface area contributed by atoms with Crippen molar-refractivity contribution in [3.8, 4) is 0 Å². The van der Waals surface area contributed by atoms with Crippen LogP contribution in [0.4, 0.5) is 4.39 Å². The van der Waals surface area contributed by atoms with E-state index in [0.29, 0.717) is 4.47 Å². The zero-order valence-electron chi connectivity index (χ0n) is 9.62. The van der Waals surface area contributed by atoms with E-state index in [1.807, 2.05) is 0 Å². The van der Waals surface area contributed by atoms with Crippen molar-refractivity contribution in [2.45, 2.75) is 6.92 Å². The maximum atomic E-state index is 13.9. The second-order valence-electron chi connectivity index (χ2n) is 3.95. The number of pyridine rings is 1. The summed E-state index contributed by atoms with van der Waals surface area (Å²) in [6.45, 7) is 1.42. The average molecular weight is 314 g/mol. The van der Waals surface area contributed by atoms with Gasteiger partial charge in [-0.2, -0.15) is 0 Å². The monoisotopic (exact) mass is 313 g/mol. The molecular weight excluding hydrogens is 305 g/mol. The van der Waals surface area contributed by atoms with Crippen LogP contribution in [0.15, 0.2) is 21.4 Å². The van der Waals surface area contributed by atoms with Gasteiger partial charge in [0.25, 0.3) is 5.56 Å². The molecule has 2 rings (SSSR count). The Morgan fingerprint density at radius 2 is 2.06 bits per heavy atom. The van der Waals surface area contributed by atoms with Crippen LogP contribution in [-0.4, -0.2) is 15.6 Å². The van der Waals surface area contributed by atoms with Gasteiger partial charge >= 0.3 is 5.97 Å². The molecule has 94 valence electrons. The molecule has 2 aromatic rings. The second kappa shape index (κ2) is 4.20. The normalized spacial score (nSPS) is 10.9. The van der Waals surface area contributed by atoms with Crippen LogP contribution in [0.3, 0.4) is 0 Å². The summed E-state index contributed by atoms with van der Waals surface area (Å²) in [7, 11) is 1.42. The first-order valence-corrected chi connectivity index (χ1v) is 5.85. The van der Waals surface area contributed by atoms with Gasteiger partial charge in [0.1, 0.15) is 5.82 Å². The van der Waals surface area contributed by atoms with Gasteiger partial charge in [-0.1, -0.05) is 15.9 Å². The van der Waals surface area contributed by atoms with E-state index in [1.165, 1.54) is 26.1 Å². The van der Waals surface area contributed by atoms with Gasteiger partial charge in [0.15, 0.2) is 0 Å². The molecule has 0 radical (unpaired) electrons. The van der Waals surface area contributed by atoms with Gasteiger partial charge in [-0.3, -0.25) is 4.79 Å². The number of halogens is 2. The highest BCUT2D eigenvalue weighted by atomic mass is 79.9. The van der Waals surface area contributed by atoms with Crippen molar-refractivity contribution in [1.29, 1.82) is 0 Å². The summed E-state index contributed by atoms with van der Waals surface area (Å²) in [6, 6.07) is 2.69. The number of aromatic carboxylic acids is 1. The lowest BCUT2D eigenvalue weighted by Crippen LogP contribution is -2.24. The minimum atomic E-state index is -1.24. The largest absolute Gasteiger partial charge is 0.478 e. The van der Waals surface area contributed by atoms with E-state index < -0.39 is 17.3 Å². The van der Waals surface area contributed by atoms with Crippen LogP contribution >= 0.6 is 15.9 Å². The van der Waals surface area contributed by atoms with Crippen LogP contribution in [0.2, 0.25) is 0 Å². The van der Waals surface area contributed by atoms with Crippen LogP contribution in [0.1, 0.15) is 15.9 Å². The number of rotatable bonds is 1. The molecule has 0 aliphatic carbocycles. The Kier molecular flexibility index (Phi) is 2.98. The zero-order chi connectivity index (χ0) is 13.6. The van der Waals surface area contributed by atoms with E-state index in [9.17, 15) is 19.1 Å². The fourth-order valence-corrected chi connectivity index (χ4v) is 2.46. The Morgan fingerprint density at radius 1 is 1.44 bits per heavy atom. The van der Waals surface area contributed by atoms with Crippen molar-refractivity contribution in [1.82, 2.24) is 4.57 Å². The number of fused-ring (bicyclic) bond motifs is 1. The first-order valence-electron chi connectivity index (χ1n) is 5.06. The predicted molar refractivity (Wildman–Crippen MR) is 68.5 cm³/mol. The Hall–Kier alpha value is -1.69. The van der Waals surface area contributed by atoms with Crippen molar-refractivity contribution in [2.75, 3.05) is 0 Å². The van der Waals surface area contributed by atoms with Gasteiger partial charge in [-0.15, -0.1) is 0 Å². The number of carboxylic acids is 1. The molecule has 0 bridgehead atoms. The van der Waals surface area contributed by atoms with Gasteiger partial charge in [0.05, 0.1) is 11.1 Å². The molecule has 1 heterocycles. The van der Waals surface area contributed by atoms with E-state index in [2.05, 4.69) is 15.9 Å². The standard InChI is InChI=1S/C12H9BrFNO3/c1-5-9(12(17)18)7-3-6(13)4-8(14)10(7)15(2)11(5)16/h3-4H,1-2H3,(H,17,18). The van der Waals surface area contributed by atoms with Gasteiger partial charge in [0.2, 0.25) is 0 Å². The van der Waals surface area contributed by atoms with E-state index in [-0.39, 0.29) is 22.0 Å². The second-order valence-corrected chi connectivity index (χ2v) is 4.87. The molecule has 0 fully saturated rings. The number of nitrogens with zero attached hydrogens (tertiary/aromatic N) is 1. The summed E-state index contributed by atoms with van der Waals surface area (Å²) in [4.78, 5) is 23.1. The molecule has 0 spiro atoms. The van der Waals surface area contributed by atoms with Gasteiger partial charge in [0, 0.05) is 22.5 Å². The number of aryl methyl sites for hydroxylation is 1. The van der Waals surface area contributed by atoms with Crippen LogP contribution < -0.4 is 5.56 Å². The molecule has 0 atom stereocenters. The van der Waals surface area contributed by atoms with Crippen LogP contribution in [-0.2, 0) is 7.05 Å². The molecule has 0 amide bonds. The summed E-state index contributed by atoms with van der Waals surface area (Å²) < 4.78 is 15.4. The predicted octanol–water partition coefficient (Wildman–Crippen LogP) is 2.45. The smallest absolute Gasteiger partial charge is 0.336 e. The van der Waals surface area contributed by atoms with Crippen molar-refractivity contribution < 1.29 is 14.3 Å². The topological polar surface area (TPSA) is 59.3 Å². The first kappa shape index (κ1) is 12.8. The maximum absolute atomic E-state index is 13.9. The molecule has 0 saturated heterocycles. The summed E-state index contributed by atoms with van der Waals surface area (Å²) in [5.41, 5.74) is -0.587. The van der Waals surface area contributed by atoms with Gasteiger partial charge in [-0.05, 0) is 19.1 Å². The number of carboxylic acid groups (broad SMARTS) is 1. The fourth-order valence-electron chi connectivity index (χ4n) is 2.04. The molecule has 0 unspecified atom stereocenters. The molecule has 18 heavy (non-hydrogen) atoms. The Morgan fingerprint density at radius 3 is 2.61 bits per heavy atom. The van der Waals surface area contributed by atoms with E-state index >= 15 is 0 Å². The summed E-state index contributed by atoms with van der Waals surface area (Å²) in [5.74, 6) is -1.88. The summed E-state index contributed by atoms with van der Waals surface area (Å²) >= 11 is 3.11. The molecule has 0 saturated carbocycles. The molecule has 1 N–H and O–H groups in total. The average Bonchev–Trinajstić information content (AvgIpc) is 2.24. The van der Waals surface area contributed by atoms with E-state index in [1.54, 1.807) is 0 Å². The molecule has 4 nitrogen and oxygen atoms in total. The van der Waals surface area contributed by atoms with Crippen LogP contribution in [0.25, 0.3) is 10.9 Å². The Balaban J connectivity index is 3.18. The van der Waals surface area contributed by atoms with Gasteiger partial charge < -0.3 is 9.67 Å². The third kappa shape index (κ3) is 1.73. The highest BCUT2D eigenvalue weighted by molar-refractivity contribution is 9.10. The first-order chi connectivity index (χ1) is 8.34. The number of carbonyl (C=O) groups is 1. The number of hydrogen-bond donors (Lipinski definition) is 1. The molecular formula is C12H9BrFNO3. The Bertz CT molecular complexity index is 736.